The lowest BCUT2D eigenvalue weighted by Crippen LogP contribution is -2.21. The van der Waals surface area contributed by atoms with Crippen LogP contribution in [0.1, 0.15) is 30.8 Å². The maximum absolute atomic E-state index is 9.22. The van der Waals surface area contributed by atoms with Crippen LogP contribution in [0.2, 0.25) is 0 Å². The second-order valence-corrected chi connectivity index (χ2v) is 6.99. The minimum absolute atomic E-state index is 0.232. The Labute approximate surface area is 122 Å². The van der Waals surface area contributed by atoms with Crippen LogP contribution in [0.4, 0.5) is 10.8 Å². The van der Waals surface area contributed by atoms with Crippen molar-refractivity contribution in [1.82, 2.24) is 4.98 Å². The molecule has 1 heterocycles. The predicted molar refractivity (Wildman–Crippen MR) is 80.2 cm³/mol. The number of phenolic OH excluding ortho intramolecular Hbond substituents is 1. The minimum atomic E-state index is 0.232. The van der Waals surface area contributed by atoms with Crippen molar-refractivity contribution < 1.29 is 5.11 Å². The van der Waals surface area contributed by atoms with Crippen molar-refractivity contribution >= 4 is 22.2 Å². The molecule has 0 fully saturated rings. The summed E-state index contributed by atoms with van der Waals surface area (Å²) in [5.74, 6) is 0.232. The predicted octanol–water partition coefficient (Wildman–Crippen LogP) is 4.78. The van der Waals surface area contributed by atoms with Crippen molar-refractivity contribution in [2.24, 2.45) is 15.6 Å². The van der Waals surface area contributed by atoms with Gasteiger partial charge in [-0.2, -0.15) is 0 Å². The molecule has 1 N–H and O–H groups in total. The number of phenols is 1. The van der Waals surface area contributed by atoms with Crippen molar-refractivity contribution in [1.29, 1.82) is 0 Å². The molecule has 0 radical (unpaired) electrons. The van der Waals surface area contributed by atoms with Gasteiger partial charge >= 0.3 is 0 Å². The molecule has 1 aromatic heterocycles. The summed E-state index contributed by atoms with van der Waals surface area (Å²) >= 11 is 1.64. The van der Waals surface area contributed by atoms with Gasteiger partial charge in [0.25, 0.3) is 0 Å². The average molecular weight is 287 g/mol. The molecule has 1 aliphatic rings. The van der Waals surface area contributed by atoms with E-state index in [9.17, 15) is 5.11 Å². The number of azo groups is 1. The molecular weight excluding hydrogens is 270 g/mol. The summed E-state index contributed by atoms with van der Waals surface area (Å²) in [5, 5.41) is 18.3. The van der Waals surface area contributed by atoms with E-state index in [4.69, 9.17) is 0 Å². The number of nitrogens with zero attached hydrogens (tertiary/aromatic N) is 3. The lowest BCUT2D eigenvalue weighted by Gasteiger charge is -2.27. The molecule has 20 heavy (non-hydrogen) atoms. The smallest absolute Gasteiger partial charge is 0.230 e. The van der Waals surface area contributed by atoms with Crippen molar-refractivity contribution in [3.05, 3.63) is 34.8 Å². The van der Waals surface area contributed by atoms with Gasteiger partial charge in [0.05, 0.1) is 11.4 Å². The average Bonchev–Trinajstić information content (AvgIpc) is 2.78. The van der Waals surface area contributed by atoms with Crippen LogP contribution in [0.5, 0.6) is 5.75 Å². The van der Waals surface area contributed by atoms with Crippen molar-refractivity contribution in [3.63, 3.8) is 0 Å². The molecule has 0 aliphatic heterocycles. The maximum atomic E-state index is 9.22. The summed E-state index contributed by atoms with van der Waals surface area (Å²) in [6.07, 6.45) is 3.32. The zero-order valence-corrected chi connectivity index (χ0v) is 12.4. The van der Waals surface area contributed by atoms with Crippen LogP contribution in [-0.2, 0) is 12.8 Å². The van der Waals surface area contributed by atoms with Gasteiger partial charge in [-0.25, -0.2) is 4.98 Å². The van der Waals surface area contributed by atoms with Gasteiger partial charge in [-0.15, -0.1) is 10.2 Å². The first-order chi connectivity index (χ1) is 9.52. The van der Waals surface area contributed by atoms with Crippen LogP contribution in [0, 0.1) is 5.41 Å². The van der Waals surface area contributed by atoms with Gasteiger partial charge in [-0.05, 0) is 48.9 Å². The van der Waals surface area contributed by atoms with Crippen LogP contribution in [0.15, 0.2) is 34.5 Å². The Hall–Kier alpha value is -1.75. The van der Waals surface area contributed by atoms with Gasteiger partial charge in [0.15, 0.2) is 0 Å². The summed E-state index contributed by atoms with van der Waals surface area (Å²) in [7, 11) is 0. The molecule has 0 saturated heterocycles. The fourth-order valence-electron chi connectivity index (χ4n) is 2.36. The number of fused-ring (bicyclic) bond motifs is 1. The lowest BCUT2D eigenvalue weighted by atomic mass is 9.79. The van der Waals surface area contributed by atoms with Crippen molar-refractivity contribution in [2.45, 2.75) is 33.1 Å². The fourth-order valence-corrected chi connectivity index (χ4v) is 3.26. The van der Waals surface area contributed by atoms with Gasteiger partial charge in [0.1, 0.15) is 5.75 Å². The number of rotatable bonds is 2. The summed E-state index contributed by atoms with van der Waals surface area (Å²) in [6, 6.07) is 6.67. The zero-order valence-electron chi connectivity index (χ0n) is 11.6. The van der Waals surface area contributed by atoms with Gasteiger partial charge < -0.3 is 5.11 Å². The van der Waals surface area contributed by atoms with E-state index in [1.54, 1.807) is 35.6 Å². The number of aromatic hydroxyl groups is 1. The Balaban J connectivity index is 1.79. The Morgan fingerprint density at radius 2 is 1.95 bits per heavy atom. The van der Waals surface area contributed by atoms with Crippen LogP contribution >= 0.6 is 11.3 Å². The van der Waals surface area contributed by atoms with Gasteiger partial charge in [-0.1, -0.05) is 25.2 Å². The molecule has 5 heteroatoms. The van der Waals surface area contributed by atoms with E-state index >= 15 is 0 Å². The SMILES string of the molecule is CC1(C)CCc2sc(N=Nc3ccc(O)cc3)nc2C1. The molecular formula is C15H17N3OS. The molecule has 1 aromatic carbocycles. The fraction of sp³-hybridized carbons (Fsp3) is 0.400. The molecule has 4 nitrogen and oxygen atoms in total. The summed E-state index contributed by atoms with van der Waals surface area (Å²) in [4.78, 5) is 5.94. The maximum Gasteiger partial charge on any atom is 0.230 e. The highest BCUT2D eigenvalue weighted by Crippen LogP contribution is 2.39. The number of hydrogen-bond acceptors (Lipinski definition) is 5. The number of aromatic nitrogens is 1. The second kappa shape index (κ2) is 4.98. The first-order valence-corrected chi connectivity index (χ1v) is 7.53. The highest BCUT2D eigenvalue weighted by atomic mass is 32.1. The summed E-state index contributed by atoms with van der Waals surface area (Å²) < 4.78 is 0. The van der Waals surface area contributed by atoms with E-state index in [-0.39, 0.29) is 5.75 Å². The molecule has 3 rings (SSSR count). The summed E-state index contributed by atoms with van der Waals surface area (Å²) in [6.45, 7) is 4.57. The number of aryl methyl sites for hydroxylation is 1. The number of benzene rings is 1. The third-order valence-corrected chi connectivity index (χ3v) is 4.58. The Bertz CT molecular complexity index is 644. The van der Waals surface area contributed by atoms with Crippen molar-refractivity contribution in [3.8, 4) is 5.75 Å². The van der Waals surface area contributed by atoms with Crippen LogP contribution in [-0.4, -0.2) is 10.1 Å². The minimum Gasteiger partial charge on any atom is -0.508 e. The largest absolute Gasteiger partial charge is 0.508 e. The first kappa shape index (κ1) is 13.2. The third-order valence-electron chi connectivity index (χ3n) is 3.54. The van der Waals surface area contributed by atoms with E-state index in [0.717, 1.165) is 23.7 Å². The van der Waals surface area contributed by atoms with E-state index in [2.05, 4.69) is 29.1 Å². The number of hydrogen-bond donors (Lipinski definition) is 1. The molecule has 0 saturated carbocycles. The second-order valence-electron chi connectivity index (χ2n) is 5.92. The highest BCUT2D eigenvalue weighted by molar-refractivity contribution is 7.15. The monoisotopic (exact) mass is 287 g/mol. The van der Waals surface area contributed by atoms with Crippen LogP contribution in [0.25, 0.3) is 0 Å². The van der Waals surface area contributed by atoms with Crippen LogP contribution < -0.4 is 0 Å². The molecule has 0 unspecified atom stereocenters. The van der Waals surface area contributed by atoms with Gasteiger partial charge in [0, 0.05) is 4.88 Å². The molecule has 0 amide bonds. The number of thiazole rings is 1. The van der Waals surface area contributed by atoms with Gasteiger partial charge in [-0.3, -0.25) is 0 Å². The highest BCUT2D eigenvalue weighted by Gasteiger charge is 2.28. The van der Waals surface area contributed by atoms with Crippen LogP contribution in [0.3, 0.4) is 0 Å². The first-order valence-electron chi connectivity index (χ1n) is 6.71. The molecule has 2 aromatic rings. The Morgan fingerprint density at radius 1 is 1.20 bits per heavy atom. The molecule has 0 bridgehead atoms. The standard InChI is InChI=1S/C15H17N3OS/c1-15(2)8-7-13-12(9-15)16-14(20-13)18-17-10-3-5-11(19)6-4-10/h3-6,19H,7-9H2,1-2H3. The molecule has 0 spiro atoms. The lowest BCUT2D eigenvalue weighted by molar-refractivity contribution is 0.314. The van der Waals surface area contributed by atoms with E-state index in [1.807, 2.05) is 0 Å². The zero-order chi connectivity index (χ0) is 14.2. The topological polar surface area (TPSA) is 57.8 Å². The quantitative estimate of drug-likeness (QED) is 0.808. The van der Waals surface area contributed by atoms with Crippen molar-refractivity contribution in [2.75, 3.05) is 0 Å². The van der Waals surface area contributed by atoms with Gasteiger partial charge in [0.2, 0.25) is 5.13 Å². The molecule has 104 valence electrons. The molecule has 0 atom stereocenters. The normalized spacial score (nSPS) is 17.3. The van der Waals surface area contributed by atoms with E-state index in [0.29, 0.717) is 5.41 Å². The Morgan fingerprint density at radius 3 is 2.70 bits per heavy atom. The summed E-state index contributed by atoms with van der Waals surface area (Å²) in [5.41, 5.74) is 2.24. The Kier molecular flexibility index (Phi) is 3.30. The van der Waals surface area contributed by atoms with E-state index < -0.39 is 0 Å². The third kappa shape index (κ3) is 2.88. The van der Waals surface area contributed by atoms with E-state index in [1.165, 1.54) is 17.0 Å². The molecule has 1 aliphatic carbocycles.